The Labute approximate surface area is 306 Å². The van der Waals surface area contributed by atoms with Gasteiger partial charge in [0.05, 0.1) is 14.2 Å². The van der Waals surface area contributed by atoms with Crippen LogP contribution in [0.3, 0.4) is 0 Å². The Bertz CT molecular complexity index is 2130. The van der Waals surface area contributed by atoms with Crippen molar-refractivity contribution in [2.45, 2.75) is 31.2 Å². The molecular weight excluding hydrogens is 639 g/mol. The van der Waals surface area contributed by atoms with Gasteiger partial charge in [-0.1, -0.05) is 67.1 Å². The third kappa shape index (κ3) is 6.78. The Balaban J connectivity index is 1.08. The maximum atomic E-state index is 5.42. The van der Waals surface area contributed by atoms with Crippen LogP contribution in [0, 0.1) is 0 Å². The monoisotopic (exact) mass is 679 g/mol. The largest absolute Gasteiger partial charge is 0.497 e. The Kier molecular flexibility index (Phi) is 9.49. The standard InChI is InChI=1S/C47H41N3O2/c1-51-40-18-12-35(13-19-40)42(36-14-20-41(52-2)21-15-36)6-3-5-33-11-22-47-45(32-33)43-7-4-8-46(43)50(47)39-16-9-34(10-17-39)31-44(37-23-27-48-28-24-37)38-25-29-49-30-26-38/h3,5-6,9-32,43,46H,4,7-8H2,1-2H3. The second-order valence-corrected chi connectivity index (χ2v) is 13.3. The summed E-state index contributed by atoms with van der Waals surface area (Å²) in [6.45, 7) is 0. The van der Waals surface area contributed by atoms with Gasteiger partial charge in [-0.3, -0.25) is 9.97 Å². The maximum absolute atomic E-state index is 5.42. The second kappa shape index (κ2) is 15.0. The highest BCUT2D eigenvalue weighted by Crippen LogP contribution is 2.52. The number of hydrogen-bond donors (Lipinski definition) is 0. The normalized spacial score (nSPS) is 15.9. The van der Waals surface area contributed by atoms with Crippen LogP contribution in [0.4, 0.5) is 11.4 Å². The minimum absolute atomic E-state index is 0.483. The van der Waals surface area contributed by atoms with E-state index < -0.39 is 0 Å². The molecule has 5 nitrogen and oxygen atoms in total. The molecule has 1 saturated carbocycles. The van der Waals surface area contributed by atoms with E-state index in [0.717, 1.165) is 50.5 Å². The van der Waals surface area contributed by atoms with E-state index in [-0.39, 0.29) is 0 Å². The van der Waals surface area contributed by atoms with E-state index in [9.17, 15) is 0 Å². The van der Waals surface area contributed by atoms with Gasteiger partial charge >= 0.3 is 0 Å². The molecule has 256 valence electrons. The molecule has 0 N–H and O–H groups in total. The molecule has 0 amide bonds. The predicted molar refractivity (Wildman–Crippen MR) is 213 cm³/mol. The highest BCUT2D eigenvalue weighted by atomic mass is 16.5. The van der Waals surface area contributed by atoms with Crippen molar-refractivity contribution >= 4 is 34.7 Å². The molecule has 0 bridgehead atoms. The molecule has 0 saturated heterocycles. The van der Waals surface area contributed by atoms with Gasteiger partial charge in [-0.25, -0.2) is 0 Å². The molecule has 0 spiro atoms. The first-order valence-electron chi connectivity index (χ1n) is 17.9. The molecule has 4 aromatic carbocycles. The topological polar surface area (TPSA) is 47.5 Å². The quantitative estimate of drug-likeness (QED) is 0.135. The average Bonchev–Trinajstić information content (AvgIpc) is 3.81. The van der Waals surface area contributed by atoms with Crippen molar-refractivity contribution in [1.82, 2.24) is 9.97 Å². The van der Waals surface area contributed by atoms with Gasteiger partial charge in [0.25, 0.3) is 0 Å². The van der Waals surface area contributed by atoms with Crippen LogP contribution < -0.4 is 14.4 Å². The van der Waals surface area contributed by atoms with Crippen LogP contribution >= 0.6 is 0 Å². The Morgan fingerprint density at radius 2 is 1.17 bits per heavy atom. The van der Waals surface area contributed by atoms with Crippen molar-refractivity contribution in [2.75, 3.05) is 19.1 Å². The van der Waals surface area contributed by atoms with Gasteiger partial charge < -0.3 is 14.4 Å². The highest BCUT2D eigenvalue weighted by Gasteiger charge is 2.42. The number of ether oxygens (including phenoxy) is 2. The van der Waals surface area contributed by atoms with E-state index >= 15 is 0 Å². The molecule has 52 heavy (non-hydrogen) atoms. The molecule has 2 atom stereocenters. The SMILES string of the molecule is COc1ccc(C(=CC=Cc2ccc3c(c2)C2CCCC2N3c2ccc(C=C(c3ccncc3)c3ccncc3)cc2)c2ccc(OC)cc2)cc1. The van der Waals surface area contributed by atoms with Gasteiger partial charge in [0, 0.05) is 48.1 Å². The summed E-state index contributed by atoms with van der Waals surface area (Å²) in [5.74, 6) is 2.22. The lowest BCUT2D eigenvalue weighted by Crippen LogP contribution is -2.26. The molecule has 1 aliphatic carbocycles. The van der Waals surface area contributed by atoms with E-state index in [1.807, 2.05) is 49.1 Å². The summed E-state index contributed by atoms with van der Waals surface area (Å²) in [4.78, 5) is 11.0. The van der Waals surface area contributed by atoms with Gasteiger partial charge in [0.2, 0.25) is 0 Å². The summed E-state index contributed by atoms with van der Waals surface area (Å²) in [6, 6.07) is 41.2. The van der Waals surface area contributed by atoms with E-state index in [1.165, 1.54) is 41.8 Å². The van der Waals surface area contributed by atoms with Crippen molar-refractivity contribution in [2.24, 2.45) is 0 Å². The Hall–Kier alpha value is -6.20. The number of rotatable bonds is 10. The van der Waals surface area contributed by atoms with E-state index in [2.05, 4.69) is 130 Å². The van der Waals surface area contributed by atoms with Crippen molar-refractivity contribution in [3.05, 3.63) is 191 Å². The van der Waals surface area contributed by atoms with E-state index in [4.69, 9.17) is 9.47 Å². The number of benzene rings is 4. The van der Waals surface area contributed by atoms with Crippen molar-refractivity contribution in [3.63, 3.8) is 0 Å². The summed E-state index contributed by atoms with van der Waals surface area (Å²) in [6.07, 6.45) is 19.9. The third-order valence-electron chi connectivity index (χ3n) is 10.3. The summed E-state index contributed by atoms with van der Waals surface area (Å²) < 4.78 is 10.8. The van der Waals surface area contributed by atoms with Crippen LogP contribution in [0.5, 0.6) is 11.5 Å². The van der Waals surface area contributed by atoms with Crippen LogP contribution in [0.15, 0.2) is 152 Å². The Morgan fingerprint density at radius 3 is 1.75 bits per heavy atom. The molecule has 0 radical (unpaired) electrons. The zero-order valence-corrected chi connectivity index (χ0v) is 29.5. The fraction of sp³-hybridized carbons (Fsp3) is 0.149. The second-order valence-electron chi connectivity index (χ2n) is 13.3. The fourth-order valence-electron chi connectivity index (χ4n) is 7.76. The predicted octanol–water partition coefficient (Wildman–Crippen LogP) is 11.0. The Morgan fingerprint density at radius 1 is 0.615 bits per heavy atom. The minimum atomic E-state index is 0.483. The number of nitrogens with zero attached hydrogens (tertiary/aromatic N) is 3. The third-order valence-corrected chi connectivity index (χ3v) is 10.3. The molecule has 1 aliphatic heterocycles. The minimum Gasteiger partial charge on any atom is -0.497 e. The van der Waals surface area contributed by atoms with Crippen LogP contribution in [-0.2, 0) is 0 Å². The molecule has 6 aromatic rings. The number of allylic oxidation sites excluding steroid dienone is 2. The molecule has 5 heteroatoms. The van der Waals surface area contributed by atoms with Crippen LogP contribution in [-0.4, -0.2) is 30.2 Å². The van der Waals surface area contributed by atoms with Crippen molar-refractivity contribution in [1.29, 1.82) is 0 Å². The first-order valence-corrected chi connectivity index (χ1v) is 17.9. The maximum Gasteiger partial charge on any atom is 0.118 e. The van der Waals surface area contributed by atoms with Gasteiger partial charge in [0.15, 0.2) is 0 Å². The lowest BCUT2D eigenvalue weighted by atomic mass is 9.95. The van der Waals surface area contributed by atoms with Crippen LogP contribution in [0.2, 0.25) is 0 Å². The summed E-state index contributed by atoms with van der Waals surface area (Å²) in [7, 11) is 3.39. The van der Waals surface area contributed by atoms with Crippen LogP contribution in [0.25, 0.3) is 23.3 Å². The lowest BCUT2D eigenvalue weighted by molar-refractivity contribution is 0.414. The molecule has 8 rings (SSSR count). The zero-order chi connectivity index (χ0) is 35.3. The van der Waals surface area contributed by atoms with E-state index in [0.29, 0.717) is 12.0 Å². The number of hydrogen-bond acceptors (Lipinski definition) is 5. The molecule has 2 unspecified atom stereocenters. The number of fused-ring (bicyclic) bond motifs is 3. The number of pyridine rings is 2. The van der Waals surface area contributed by atoms with Gasteiger partial charge in [-0.05, 0) is 142 Å². The molecule has 1 fully saturated rings. The number of anilines is 2. The summed E-state index contributed by atoms with van der Waals surface area (Å²) >= 11 is 0. The molecular formula is C47H41N3O2. The average molecular weight is 680 g/mol. The lowest BCUT2D eigenvalue weighted by Gasteiger charge is -2.27. The van der Waals surface area contributed by atoms with E-state index in [1.54, 1.807) is 14.2 Å². The number of methoxy groups -OCH3 is 2. The van der Waals surface area contributed by atoms with Gasteiger partial charge in [-0.15, -0.1) is 0 Å². The molecule has 3 heterocycles. The first kappa shape index (κ1) is 33.0. The molecule has 2 aromatic heterocycles. The highest BCUT2D eigenvalue weighted by molar-refractivity contribution is 5.91. The molecule has 2 aliphatic rings. The summed E-state index contributed by atoms with van der Waals surface area (Å²) in [5.41, 5.74) is 13.2. The first-order chi connectivity index (χ1) is 25.7. The van der Waals surface area contributed by atoms with Gasteiger partial charge in [-0.2, -0.15) is 0 Å². The van der Waals surface area contributed by atoms with Gasteiger partial charge in [0.1, 0.15) is 11.5 Å². The van der Waals surface area contributed by atoms with Crippen molar-refractivity contribution in [3.8, 4) is 11.5 Å². The smallest absolute Gasteiger partial charge is 0.118 e. The number of aromatic nitrogens is 2. The van der Waals surface area contributed by atoms with Crippen molar-refractivity contribution < 1.29 is 9.47 Å². The summed E-state index contributed by atoms with van der Waals surface area (Å²) in [5, 5.41) is 0. The van der Waals surface area contributed by atoms with Crippen LogP contribution in [0.1, 0.15) is 64.1 Å². The fourth-order valence-corrected chi connectivity index (χ4v) is 7.76. The zero-order valence-electron chi connectivity index (χ0n) is 29.5.